The molecule has 1 aliphatic heterocycles. The molecular formula is C12H22N2O4S. The monoisotopic (exact) mass is 290 g/mol. The van der Waals surface area contributed by atoms with Crippen LogP contribution in [-0.4, -0.2) is 44.3 Å². The Labute approximate surface area is 114 Å². The van der Waals surface area contributed by atoms with Gasteiger partial charge in [0.2, 0.25) is 11.8 Å². The Morgan fingerprint density at radius 3 is 2.37 bits per heavy atom. The summed E-state index contributed by atoms with van der Waals surface area (Å²) in [6.07, 6.45) is 0.640. The van der Waals surface area contributed by atoms with Gasteiger partial charge in [0.1, 0.15) is 0 Å². The van der Waals surface area contributed by atoms with E-state index in [-0.39, 0.29) is 42.3 Å². The molecule has 1 saturated heterocycles. The topological polar surface area (TPSA) is 92.3 Å². The Morgan fingerprint density at radius 1 is 1.26 bits per heavy atom. The summed E-state index contributed by atoms with van der Waals surface area (Å²) in [5, 5.41) is 5.35. The van der Waals surface area contributed by atoms with Gasteiger partial charge in [-0.05, 0) is 6.42 Å². The van der Waals surface area contributed by atoms with E-state index in [2.05, 4.69) is 10.6 Å². The Hall–Kier alpha value is -1.11. The summed E-state index contributed by atoms with van der Waals surface area (Å²) in [5.41, 5.74) is -0.476. The molecule has 0 saturated carbocycles. The lowest BCUT2D eigenvalue weighted by Crippen LogP contribution is -2.40. The highest BCUT2D eigenvalue weighted by Crippen LogP contribution is 2.12. The molecule has 0 aromatic rings. The first-order chi connectivity index (χ1) is 8.60. The zero-order valence-electron chi connectivity index (χ0n) is 11.7. The van der Waals surface area contributed by atoms with Crippen molar-refractivity contribution in [3.05, 3.63) is 0 Å². The molecule has 0 bridgehead atoms. The first-order valence-corrected chi connectivity index (χ1v) is 8.20. The third kappa shape index (κ3) is 5.59. The Morgan fingerprint density at radius 2 is 1.89 bits per heavy atom. The maximum atomic E-state index is 11.6. The van der Waals surface area contributed by atoms with Gasteiger partial charge in [0.15, 0.2) is 9.84 Å². The lowest BCUT2D eigenvalue weighted by atomic mass is 9.96. The number of hydrogen-bond donors (Lipinski definition) is 2. The summed E-state index contributed by atoms with van der Waals surface area (Å²) in [7, 11) is -2.98. The average Bonchev–Trinajstić information content (AvgIpc) is 2.56. The molecule has 1 rings (SSSR count). The highest BCUT2D eigenvalue weighted by molar-refractivity contribution is 7.91. The molecule has 0 radical (unpaired) electrons. The van der Waals surface area contributed by atoms with Crippen molar-refractivity contribution in [3.8, 4) is 0 Å². The molecule has 6 nitrogen and oxygen atoms in total. The highest BCUT2D eigenvalue weighted by Gasteiger charge is 2.28. The number of amides is 2. The smallest absolute Gasteiger partial charge is 0.225 e. The fraction of sp³-hybridized carbons (Fsp3) is 0.833. The van der Waals surface area contributed by atoms with Crippen molar-refractivity contribution < 1.29 is 18.0 Å². The maximum absolute atomic E-state index is 11.6. The van der Waals surface area contributed by atoms with Crippen molar-refractivity contribution in [1.82, 2.24) is 10.6 Å². The second-order valence-corrected chi connectivity index (χ2v) is 8.15. The summed E-state index contributed by atoms with van der Waals surface area (Å²) in [4.78, 5) is 23.1. The van der Waals surface area contributed by atoms with Crippen molar-refractivity contribution in [2.45, 2.75) is 39.7 Å². The third-order valence-corrected chi connectivity index (χ3v) is 4.68. The molecule has 1 aliphatic rings. The van der Waals surface area contributed by atoms with Gasteiger partial charge in [0.25, 0.3) is 0 Å². The van der Waals surface area contributed by atoms with Crippen LogP contribution < -0.4 is 10.6 Å². The van der Waals surface area contributed by atoms with Crippen LogP contribution in [0.4, 0.5) is 0 Å². The van der Waals surface area contributed by atoms with Gasteiger partial charge in [-0.25, -0.2) is 8.42 Å². The van der Waals surface area contributed by atoms with Crippen LogP contribution in [-0.2, 0) is 19.4 Å². The van der Waals surface area contributed by atoms with Crippen LogP contribution in [0.2, 0.25) is 0 Å². The zero-order valence-corrected chi connectivity index (χ0v) is 12.5. The van der Waals surface area contributed by atoms with Crippen LogP contribution in [0.3, 0.4) is 0 Å². The summed E-state index contributed by atoms with van der Waals surface area (Å²) < 4.78 is 22.5. The fourth-order valence-corrected chi connectivity index (χ4v) is 3.44. The van der Waals surface area contributed by atoms with Crippen molar-refractivity contribution in [2.24, 2.45) is 5.41 Å². The Balaban J connectivity index is 2.24. The van der Waals surface area contributed by atoms with Gasteiger partial charge in [-0.2, -0.15) is 0 Å². The number of carbonyl (C=O) groups excluding carboxylic acids is 2. The molecule has 0 aromatic heterocycles. The number of carbonyl (C=O) groups is 2. The van der Waals surface area contributed by atoms with Gasteiger partial charge < -0.3 is 10.6 Å². The van der Waals surface area contributed by atoms with Crippen LogP contribution in [0, 0.1) is 5.41 Å². The van der Waals surface area contributed by atoms with E-state index in [1.54, 1.807) is 20.8 Å². The van der Waals surface area contributed by atoms with E-state index >= 15 is 0 Å². The van der Waals surface area contributed by atoms with E-state index in [0.717, 1.165) is 0 Å². The molecule has 0 unspecified atom stereocenters. The maximum Gasteiger partial charge on any atom is 0.225 e. The summed E-state index contributed by atoms with van der Waals surface area (Å²) in [6, 6.07) is -0.282. The largest absolute Gasteiger partial charge is 0.355 e. The van der Waals surface area contributed by atoms with Crippen LogP contribution in [0.5, 0.6) is 0 Å². The lowest BCUT2D eigenvalue weighted by molar-refractivity contribution is -0.128. The standard InChI is InChI=1S/C12H22N2O4S/c1-12(2,3)11(16)13-6-4-10(15)14-9-5-7-19(17,18)8-9/h9H,4-8H2,1-3H3,(H,13,16)(H,14,15)/t9-/m1/s1. The van der Waals surface area contributed by atoms with E-state index in [1.165, 1.54) is 0 Å². The van der Waals surface area contributed by atoms with Crippen molar-refractivity contribution in [2.75, 3.05) is 18.1 Å². The fourth-order valence-electron chi connectivity index (χ4n) is 1.76. The number of rotatable bonds is 4. The van der Waals surface area contributed by atoms with Gasteiger partial charge in [0, 0.05) is 24.4 Å². The summed E-state index contributed by atoms with van der Waals surface area (Å²) in [5.74, 6) is -0.175. The Bertz CT molecular complexity index is 451. The molecule has 1 atom stereocenters. The number of sulfone groups is 1. The zero-order chi connectivity index (χ0) is 14.7. The van der Waals surface area contributed by atoms with E-state index < -0.39 is 15.3 Å². The molecule has 110 valence electrons. The second kappa shape index (κ2) is 5.90. The van der Waals surface area contributed by atoms with Crippen LogP contribution in [0.25, 0.3) is 0 Å². The first kappa shape index (κ1) is 15.9. The van der Waals surface area contributed by atoms with Crippen LogP contribution >= 0.6 is 0 Å². The molecule has 1 heterocycles. The van der Waals surface area contributed by atoms with E-state index in [4.69, 9.17) is 0 Å². The van der Waals surface area contributed by atoms with E-state index in [1.807, 2.05) is 0 Å². The third-order valence-electron chi connectivity index (χ3n) is 2.92. The predicted molar refractivity (Wildman–Crippen MR) is 72.3 cm³/mol. The molecule has 1 fully saturated rings. The highest BCUT2D eigenvalue weighted by atomic mass is 32.2. The Kier molecular flexibility index (Phi) is 4.95. The molecule has 2 N–H and O–H groups in total. The SMILES string of the molecule is CC(C)(C)C(=O)NCCC(=O)N[C@@H]1CCS(=O)(=O)C1. The lowest BCUT2D eigenvalue weighted by Gasteiger charge is -2.17. The average molecular weight is 290 g/mol. The number of hydrogen-bond acceptors (Lipinski definition) is 4. The minimum atomic E-state index is -2.98. The molecular weight excluding hydrogens is 268 g/mol. The molecule has 0 aliphatic carbocycles. The van der Waals surface area contributed by atoms with Gasteiger partial charge in [-0.1, -0.05) is 20.8 Å². The molecule has 2 amide bonds. The molecule has 0 aromatic carbocycles. The van der Waals surface area contributed by atoms with Gasteiger partial charge in [-0.3, -0.25) is 9.59 Å². The summed E-state index contributed by atoms with van der Waals surface area (Å²) in [6.45, 7) is 5.66. The minimum absolute atomic E-state index is 0.0209. The van der Waals surface area contributed by atoms with Crippen molar-refractivity contribution >= 4 is 21.7 Å². The number of nitrogens with one attached hydrogen (secondary N) is 2. The molecule has 0 spiro atoms. The first-order valence-electron chi connectivity index (χ1n) is 6.38. The van der Waals surface area contributed by atoms with Crippen LogP contribution in [0.1, 0.15) is 33.6 Å². The van der Waals surface area contributed by atoms with E-state index in [0.29, 0.717) is 6.42 Å². The minimum Gasteiger partial charge on any atom is -0.355 e. The van der Waals surface area contributed by atoms with Gasteiger partial charge in [0.05, 0.1) is 11.5 Å². The molecule has 7 heteroatoms. The van der Waals surface area contributed by atoms with Gasteiger partial charge >= 0.3 is 0 Å². The predicted octanol–water partition coefficient (Wildman–Crippen LogP) is -0.158. The van der Waals surface area contributed by atoms with Crippen LogP contribution in [0.15, 0.2) is 0 Å². The normalized spacial score (nSPS) is 21.9. The van der Waals surface area contributed by atoms with Crippen molar-refractivity contribution in [3.63, 3.8) is 0 Å². The summed E-state index contributed by atoms with van der Waals surface area (Å²) >= 11 is 0. The molecule has 19 heavy (non-hydrogen) atoms. The van der Waals surface area contributed by atoms with E-state index in [9.17, 15) is 18.0 Å². The van der Waals surface area contributed by atoms with Gasteiger partial charge in [-0.15, -0.1) is 0 Å². The second-order valence-electron chi connectivity index (χ2n) is 5.92. The van der Waals surface area contributed by atoms with Crippen molar-refractivity contribution in [1.29, 1.82) is 0 Å². The quantitative estimate of drug-likeness (QED) is 0.752.